The first-order valence-corrected chi connectivity index (χ1v) is 8.73. The van der Waals surface area contributed by atoms with E-state index in [4.69, 9.17) is 5.73 Å². The molecule has 1 fully saturated rings. The number of nitrogens with one attached hydrogen (secondary N) is 3. The van der Waals surface area contributed by atoms with E-state index in [9.17, 15) is 0 Å². The smallest absolute Gasteiger partial charge is 0.159 e. The van der Waals surface area contributed by atoms with Gasteiger partial charge in [0, 0.05) is 22.8 Å². The van der Waals surface area contributed by atoms with E-state index in [1.54, 1.807) is 6.33 Å². The van der Waals surface area contributed by atoms with E-state index in [1.165, 1.54) is 0 Å². The van der Waals surface area contributed by atoms with E-state index in [-0.39, 0.29) is 11.1 Å². The Morgan fingerprint density at radius 2 is 1.60 bits per heavy atom. The highest BCUT2D eigenvalue weighted by Gasteiger charge is 2.37. The quantitative estimate of drug-likeness (QED) is 0.681. The van der Waals surface area contributed by atoms with E-state index in [0.29, 0.717) is 23.4 Å². The van der Waals surface area contributed by atoms with Gasteiger partial charge in [0.05, 0.1) is 0 Å². The van der Waals surface area contributed by atoms with E-state index in [0.717, 1.165) is 18.5 Å². The summed E-state index contributed by atoms with van der Waals surface area (Å²) in [5, 5.41) is 10.5. The van der Waals surface area contributed by atoms with Crippen LogP contribution in [-0.4, -0.2) is 27.1 Å². The zero-order valence-corrected chi connectivity index (χ0v) is 15.4. The molecular formula is C19H28N6. The molecule has 6 heteroatoms. The van der Waals surface area contributed by atoms with Crippen LogP contribution in [0.4, 0.5) is 23.0 Å². The largest absolute Gasteiger partial charge is 0.393 e. The lowest BCUT2D eigenvalue weighted by molar-refractivity contribution is 0.170. The molecule has 0 atom stereocenters. The molecule has 0 amide bonds. The Hall–Kier alpha value is -2.34. The van der Waals surface area contributed by atoms with Crippen LogP contribution in [0.1, 0.15) is 40.5 Å². The van der Waals surface area contributed by atoms with Crippen molar-refractivity contribution in [3.8, 4) is 0 Å². The topological polar surface area (TPSA) is 87.9 Å². The predicted molar refractivity (Wildman–Crippen MR) is 104 cm³/mol. The third-order valence-corrected chi connectivity index (χ3v) is 4.45. The van der Waals surface area contributed by atoms with Crippen molar-refractivity contribution in [1.29, 1.82) is 0 Å². The van der Waals surface area contributed by atoms with Crippen LogP contribution in [0.25, 0.3) is 0 Å². The number of aromatic nitrogens is 2. The fourth-order valence-electron chi connectivity index (χ4n) is 3.89. The lowest BCUT2D eigenvalue weighted by Gasteiger charge is -2.46. The number of nitrogen functional groups attached to an aromatic ring is 1. The summed E-state index contributed by atoms with van der Waals surface area (Å²) in [6.45, 7) is 8.92. The van der Waals surface area contributed by atoms with E-state index in [1.807, 2.05) is 30.3 Å². The molecule has 0 radical (unpaired) electrons. The minimum Gasteiger partial charge on any atom is -0.393 e. The molecule has 2 aromatic rings. The second kappa shape index (κ2) is 6.52. The van der Waals surface area contributed by atoms with Crippen molar-refractivity contribution >= 4 is 23.0 Å². The van der Waals surface area contributed by atoms with Gasteiger partial charge in [0.15, 0.2) is 11.6 Å². The molecule has 6 nitrogen and oxygen atoms in total. The van der Waals surface area contributed by atoms with E-state index >= 15 is 0 Å². The predicted octanol–water partition coefficient (Wildman–Crippen LogP) is 3.52. The van der Waals surface area contributed by atoms with Gasteiger partial charge in [-0.2, -0.15) is 0 Å². The second-order valence-electron chi connectivity index (χ2n) is 8.12. The maximum atomic E-state index is 6.32. The molecule has 0 aliphatic carbocycles. The van der Waals surface area contributed by atoms with Crippen molar-refractivity contribution in [1.82, 2.24) is 15.3 Å². The molecule has 1 aromatic carbocycles. The van der Waals surface area contributed by atoms with Crippen LogP contribution in [0.15, 0.2) is 36.7 Å². The first-order chi connectivity index (χ1) is 11.7. The van der Waals surface area contributed by atoms with Crippen LogP contribution in [0.2, 0.25) is 0 Å². The van der Waals surface area contributed by atoms with Gasteiger partial charge >= 0.3 is 0 Å². The number of para-hydroxylation sites is 1. The van der Waals surface area contributed by atoms with E-state index in [2.05, 4.69) is 53.6 Å². The highest BCUT2D eigenvalue weighted by atomic mass is 15.1. The van der Waals surface area contributed by atoms with Gasteiger partial charge in [0.25, 0.3) is 0 Å². The van der Waals surface area contributed by atoms with Gasteiger partial charge in [0.2, 0.25) is 0 Å². The Labute approximate surface area is 149 Å². The standard InChI is InChI=1S/C19H28N6/c1-18(2)10-14(11-19(3,4)25-18)24-17-15(20)16(21-12-22-17)23-13-8-6-5-7-9-13/h5-9,12,14,25H,10-11,20H2,1-4H3,(H2,21,22,23,24). The van der Waals surface area contributed by atoms with Crippen LogP contribution >= 0.6 is 0 Å². The lowest BCUT2D eigenvalue weighted by Crippen LogP contribution is -2.60. The van der Waals surface area contributed by atoms with Gasteiger partial charge in [-0.15, -0.1) is 0 Å². The molecule has 0 unspecified atom stereocenters. The second-order valence-corrected chi connectivity index (χ2v) is 8.12. The Morgan fingerprint density at radius 3 is 2.24 bits per heavy atom. The van der Waals surface area contributed by atoms with Crippen molar-refractivity contribution < 1.29 is 0 Å². The third kappa shape index (κ3) is 4.39. The molecule has 1 saturated heterocycles. The van der Waals surface area contributed by atoms with Gasteiger partial charge in [-0.1, -0.05) is 18.2 Å². The van der Waals surface area contributed by atoms with Gasteiger partial charge < -0.3 is 21.7 Å². The average Bonchev–Trinajstić information content (AvgIpc) is 2.49. The molecule has 134 valence electrons. The van der Waals surface area contributed by atoms with Crippen molar-refractivity contribution in [3.05, 3.63) is 36.7 Å². The van der Waals surface area contributed by atoms with E-state index < -0.39 is 0 Å². The zero-order chi connectivity index (χ0) is 18.1. The third-order valence-electron chi connectivity index (χ3n) is 4.45. The number of benzene rings is 1. The van der Waals surface area contributed by atoms with Crippen LogP contribution < -0.4 is 21.7 Å². The maximum absolute atomic E-state index is 6.32. The molecule has 3 rings (SSSR count). The lowest BCUT2D eigenvalue weighted by atomic mass is 9.79. The fourth-order valence-corrected chi connectivity index (χ4v) is 3.89. The van der Waals surface area contributed by atoms with Gasteiger partial charge in [-0.05, 0) is 52.7 Å². The first kappa shape index (κ1) is 17.5. The minimum absolute atomic E-state index is 0.0618. The van der Waals surface area contributed by atoms with Gasteiger partial charge in [-0.3, -0.25) is 0 Å². The van der Waals surface area contributed by atoms with Crippen molar-refractivity contribution in [3.63, 3.8) is 0 Å². The number of nitrogens with two attached hydrogens (primary N) is 1. The number of piperidine rings is 1. The SMILES string of the molecule is CC1(C)CC(Nc2ncnc(Nc3ccccc3)c2N)CC(C)(C)N1. The molecule has 25 heavy (non-hydrogen) atoms. The van der Waals surface area contributed by atoms with Crippen LogP contribution in [-0.2, 0) is 0 Å². The molecule has 1 aliphatic heterocycles. The fraction of sp³-hybridized carbons (Fsp3) is 0.474. The molecule has 0 spiro atoms. The van der Waals surface area contributed by atoms with Crippen LogP contribution in [0.3, 0.4) is 0 Å². The summed E-state index contributed by atoms with van der Waals surface area (Å²) in [6.07, 6.45) is 3.55. The number of rotatable bonds is 4. The molecule has 5 N–H and O–H groups in total. The van der Waals surface area contributed by atoms with Crippen LogP contribution in [0.5, 0.6) is 0 Å². The van der Waals surface area contributed by atoms with Gasteiger partial charge in [0.1, 0.15) is 12.0 Å². The first-order valence-electron chi connectivity index (χ1n) is 8.73. The Morgan fingerprint density at radius 1 is 1.00 bits per heavy atom. The summed E-state index contributed by atoms with van der Waals surface area (Å²) >= 11 is 0. The average molecular weight is 340 g/mol. The van der Waals surface area contributed by atoms with Crippen molar-refractivity contribution in [2.75, 3.05) is 16.4 Å². The maximum Gasteiger partial charge on any atom is 0.159 e. The summed E-state index contributed by atoms with van der Waals surface area (Å²) in [4.78, 5) is 8.65. The van der Waals surface area contributed by atoms with Gasteiger partial charge in [-0.25, -0.2) is 9.97 Å². The Balaban J connectivity index is 1.78. The summed E-state index contributed by atoms with van der Waals surface area (Å²) in [7, 11) is 0. The molecule has 0 bridgehead atoms. The zero-order valence-electron chi connectivity index (χ0n) is 15.4. The normalized spacial score (nSPS) is 19.4. The molecular weight excluding hydrogens is 312 g/mol. The summed E-state index contributed by atoms with van der Waals surface area (Å²) in [5.74, 6) is 1.31. The molecule has 1 aliphatic rings. The number of hydrogen-bond donors (Lipinski definition) is 4. The Bertz CT molecular complexity index is 710. The monoisotopic (exact) mass is 340 g/mol. The minimum atomic E-state index is 0.0618. The summed E-state index contributed by atoms with van der Waals surface area (Å²) in [6, 6.07) is 10.2. The van der Waals surface area contributed by atoms with Crippen molar-refractivity contribution in [2.45, 2.75) is 57.7 Å². The van der Waals surface area contributed by atoms with Crippen molar-refractivity contribution in [2.24, 2.45) is 0 Å². The highest BCUT2D eigenvalue weighted by Crippen LogP contribution is 2.32. The highest BCUT2D eigenvalue weighted by molar-refractivity contribution is 5.77. The summed E-state index contributed by atoms with van der Waals surface area (Å²) in [5.41, 5.74) is 7.93. The van der Waals surface area contributed by atoms with Crippen LogP contribution in [0, 0.1) is 0 Å². The Kier molecular flexibility index (Phi) is 4.56. The molecule has 0 saturated carbocycles. The molecule has 2 heterocycles. The number of nitrogens with zero attached hydrogens (tertiary/aromatic N) is 2. The number of anilines is 4. The number of hydrogen-bond acceptors (Lipinski definition) is 6. The molecule has 1 aromatic heterocycles. The summed E-state index contributed by atoms with van der Waals surface area (Å²) < 4.78 is 0.